The third kappa shape index (κ3) is 3.38. The standard InChI is InChI=1S/C34H23NS/c1-4-13-24(14-5-1)27-21-12-22-30-31-23-32(28-19-10-11-20-29(28)34(31)36-33(27)30)35(25-15-6-2-7-16-25)26-17-8-3-9-18-26/h1-23H. The van der Waals surface area contributed by atoms with Crippen LogP contribution in [0.15, 0.2) is 140 Å². The van der Waals surface area contributed by atoms with Crippen molar-refractivity contribution in [3.63, 3.8) is 0 Å². The summed E-state index contributed by atoms with van der Waals surface area (Å²) < 4.78 is 2.68. The van der Waals surface area contributed by atoms with Gasteiger partial charge in [0.15, 0.2) is 0 Å². The van der Waals surface area contributed by atoms with Gasteiger partial charge in [0.05, 0.1) is 5.69 Å². The van der Waals surface area contributed by atoms with Gasteiger partial charge in [-0.2, -0.15) is 0 Å². The molecule has 0 bridgehead atoms. The Bertz CT molecular complexity index is 1780. The maximum Gasteiger partial charge on any atom is 0.0547 e. The largest absolute Gasteiger partial charge is 0.310 e. The van der Waals surface area contributed by atoms with Gasteiger partial charge < -0.3 is 4.90 Å². The second kappa shape index (κ2) is 8.67. The van der Waals surface area contributed by atoms with E-state index in [2.05, 4.69) is 144 Å². The molecule has 0 unspecified atom stereocenters. The van der Waals surface area contributed by atoms with E-state index in [1.54, 1.807) is 0 Å². The first-order valence-electron chi connectivity index (χ1n) is 12.2. The summed E-state index contributed by atoms with van der Waals surface area (Å²) in [4.78, 5) is 2.38. The van der Waals surface area contributed by atoms with E-state index >= 15 is 0 Å². The molecule has 0 amide bonds. The Kier molecular flexibility index (Phi) is 5.04. The zero-order valence-corrected chi connectivity index (χ0v) is 20.5. The van der Waals surface area contributed by atoms with Crippen LogP contribution in [-0.4, -0.2) is 0 Å². The van der Waals surface area contributed by atoms with Crippen molar-refractivity contribution in [2.45, 2.75) is 0 Å². The summed E-state index contributed by atoms with van der Waals surface area (Å²) in [6.45, 7) is 0. The molecule has 0 saturated carbocycles. The third-order valence-corrected chi connectivity index (χ3v) is 8.13. The lowest BCUT2D eigenvalue weighted by molar-refractivity contribution is 1.30. The lowest BCUT2D eigenvalue weighted by Crippen LogP contribution is -2.10. The Morgan fingerprint density at radius 1 is 0.417 bits per heavy atom. The summed E-state index contributed by atoms with van der Waals surface area (Å²) in [5, 5.41) is 5.16. The van der Waals surface area contributed by atoms with E-state index in [1.807, 2.05) is 11.3 Å². The van der Waals surface area contributed by atoms with Crippen LogP contribution in [0.4, 0.5) is 17.1 Å². The molecule has 0 aliphatic rings. The summed E-state index contributed by atoms with van der Waals surface area (Å²) in [5.74, 6) is 0. The Morgan fingerprint density at radius 3 is 1.61 bits per heavy atom. The third-order valence-electron chi connectivity index (χ3n) is 6.84. The lowest BCUT2D eigenvalue weighted by atomic mass is 10.00. The number of fused-ring (bicyclic) bond motifs is 5. The van der Waals surface area contributed by atoms with Crippen LogP contribution in [0.25, 0.3) is 42.1 Å². The Labute approximate surface area is 214 Å². The monoisotopic (exact) mass is 477 g/mol. The first kappa shape index (κ1) is 20.9. The number of nitrogens with zero attached hydrogens (tertiary/aromatic N) is 1. The minimum atomic E-state index is 1.15. The Balaban J connectivity index is 1.58. The first-order valence-corrected chi connectivity index (χ1v) is 13.0. The van der Waals surface area contributed by atoms with Crippen molar-refractivity contribution in [1.82, 2.24) is 0 Å². The zero-order chi connectivity index (χ0) is 23.9. The molecule has 1 aromatic heterocycles. The Morgan fingerprint density at radius 2 is 0.944 bits per heavy atom. The molecule has 0 aliphatic carbocycles. The van der Waals surface area contributed by atoms with Gasteiger partial charge in [0.2, 0.25) is 0 Å². The average molecular weight is 478 g/mol. The highest BCUT2D eigenvalue weighted by atomic mass is 32.1. The van der Waals surface area contributed by atoms with Crippen LogP contribution in [0.5, 0.6) is 0 Å². The smallest absolute Gasteiger partial charge is 0.0547 e. The van der Waals surface area contributed by atoms with Crippen LogP contribution < -0.4 is 4.90 Å². The van der Waals surface area contributed by atoms with Crippen LogP contribution in [0.3, 0.4) is 0 Å². The highest BCUT2D eigenvalue weighted by molar-refractivity contribution is 7.27. The van der Waals surface area contributed by atoms with E-state index in [9.17, 15) is 0 Å². The molecule has 1 heterocycles. The number of para-hydroxylation sites is 2. The summed E-state index contributed by atoms with van der Waals surface area (Å²) in [7, 11) is 0. The molecular weight excluding hydrogens is 454 g/mol. The molecule has 7 rings (SSSR count). The van der Waals surface area contributed by atoms with E-state index in [0.29, 0.717) is 0 Å². The van der Waals surface area contributed by atoms with Crippen LogP contribution in [0, 0.1) is 0 Å². The number of benzene rings is 6. The highest BCUT2D eigenvalue weighted by Crippen LogP contribution is 2.47. The summed E-state index contributed by atoms with van der Waals surface area (Å²) in [6, 6.07) is 50.0. The van der Waals surface area contributed by atoms with Gasteiger partial charge in [-0.3, -0.25) is 0 Å². The number of rotatable bonds is 4. The van der Waals surface area contributed by atoms with Crippen molar-refractivity contribution in [2.24, 2.45) is 0 Å². The van der Waals surface area contributed by atoms with E-state index in [0.717, 1.165) is 11.4 Å². The van der Waals surface area contributed by atoms with Gasteiger partial charge in [-0.1, -0.05) is 109 Å². The second-order valence-electron chi connectivity index (χ2n) is 8.97. The molecular formula is C34H23NS. The van der Waals surface area contributed by atoms with Crippen molar-refractivity contribution in [1.29, 1.82) is 0 Å². The van der Waals surface area contributed by atoms with Crippen LogP contribution in [0.2, 0.25) is 0 Å². The molecule has 36 heavy (non-hydrogen) atoms. The zero-order valence-electron chi connectivity index (χ0n) is 19.6. The van der Waals surface area contributed by atoms with Gasteiger partial charge >= 0.3 is 0 Å². The van der Waals surface area contributed by atoms with Gasteiger partial charge in [0, 0.05) is 42.3 Å². The van der Waals surface area contributed by atoms with Gasteiger partial charge in [-0.15, -0.1) is 11.3 Å². The fourth-order valence-electron chi connectivity index (χ4n) is 5.21. The van der Waals surface area contributed by atoms with Gasteiger partial charge in [0.25, 0.3) is 0 Å². The molecule has 0 N–H and O–H groups in total. The van der Waals surface area contributed by atoms with E-state index < -0.39 is 0 Å². The molecule has 0 saturated heterocycles. The minimum absolute atomic E-state index is 1.15. The number of thiophene rings is 1. The molecule has 2 heteroatoms. The summed E-state index contributed by atoms with van der Waals surface area (Å²) >= 11 is 1.91. The molecule has 0 radical (unpaired) electrons. The van der Waals surface area contributed by atoms with E-state index in [1.165, 1.54) is 47.8 Å². The van der Waals surface area contributed by atoms with Crippen LogP contribution >= 0.6 is 11.3 Å². The first-order chi connectivity index (χ1) is 17.9. The van der Waals surface area contributed by atoms with E-state index in [-0.39, 0.29) is 0 Å². The molecule has 0 spiro atoms. The lowest BCUT2D eigenvalue weighted by Gasteiger charge is -2.27. The molecule has 1 nitrogen and oxygen atoms in total. The molecule has 170 valence electrons. The van der Waals surface area contributed by atoms with Crippen molar-refractivity contribution in [3.8, 4) is 11.1 Å². The Hall–Kier alpha value is -4.40. The van der Waals surface area contributed by atoms with Gasteiger partial charge in [-0.05, 0) is 41.5 Å². The van der Waals surface area contributed by atoms with Crippen molar-refractivity contribution >= 4 is 59.3 Å². The SMILES string of the molecule is c1ccc(-c2cccc3c2sc2c4ccccc4c(N(c4ccccc4)c4ccccc4)cc32)cc1. The number of anilines is 3. The topological polar surface area (TPSA) is 3.24 Å². The maximum atomic E-state index is 2.39. The molecule has 0 aliphatic heterocycles. The van der Waals surface area contributed by atoms with Gasteiger partial charge in [0.1, 0.15) is 0 Å². The maximum absolute atomic E-state index is 2.39. The van der Waals surface area contributed by atoms with Crippen LogP contribution in [0.1, 0.15) is 0 Å². The molecule has 6 aromatic carbocycles. The average Bonchev–Trinajstić information content (AvgIpc) is 3.34. The number of hydrogen-bond donors (Lipinski definition) is 0. The second-order valence-corrected chi connectivity index (χ2v) is 10.00. The van der Waals surface area contributed by atoms with Crippen molar-refractivity contribution in [2.75, 3.05) is 4.90 Å². The minimum Gasteiger partial charge on any atom is -0.310 e. The molecule has 0 atom stereocenters. The normalized spacial score (nSPS) is 11.3. The fraction of sp³-hybridized carbons (Fsp3) is 0. The van der Waals surface area contributed by atoms with E-state index in [4.69, 9.17) is 0 Å². The predicted molar refractivity (Wildman–Crippen MR) is 157 cm³/mol. The van der Waals surface area contributed by atoms with Gasteiger partial charge in [-0.25, -0.2) is 0 Å². The van der Waals surface area contributed by atoms with Crippen LogP contribution in [-0.2, 0) is 0 Å². The summed E-state index contributed by atoms with van der Waals surface area (Å²) in [6.07, 6.45) is 0. The number of hydrogen-bond acceptors (Lipinski definition) is 2. The fourth-order valence-corrected chi connectivity index (χ4v) is 6.57. The quantitative estimate of drug-likeness (QED) is 0.244. The predicted octanol–water partition coefficient (Wildman–Crippen LogP) is 10.3. The highest BCUT2D eigenvalue weighted by Gasteiger charge is 2.19. The van der Waals surface area contributed by atoms with Crippen molar-refractivity contribution in [3.05, 3.63) is 140 Å². The van der Waals surface area contributed by atoms with Crippen molar-refractivity contribution < 1.29 is 0 Å². The molecule has 0 fully saturated rings. The summed E-state index contributed by atoms with van der Waals surface area (Å²) in [5.41, 5.74) is 6.05. The molecule has 7 aromatic rings.